The summed E-state index contributed by atoms with van der Waals surface area (Å²) in [5.41, 5.74) is 2.24. The van der Waals surface area contributed by atoms with Crippen molar-refractivity contribution in [3.63, 3.8) is 0 Å². The molecule has 2 atom stereocenters. The Morgan fingerprint density at radius 2 is 1.12 bits per heavy atom. The number of ether oxygens (including phenoxy) is 6. The van der Waals surface area contributed by atoms with E-state index >= 15 is 0 Å². The van der Waals surface area contributed by atoms with Gasteiger partial charge in [0, 0.05) is 27.1 Å². The highest BCUT2D eigenvalue weighted by atomic mass is 16.7. The van der Waals surface area contributed by atoms with Crippen molar-refractivity contribution in [1.29, 1.82) is 0 Å². The highest BCUT2D eigenvalue weighted by Gasteiger charge is 2.24. The SMILES string of the molecule is COC(Cc1ccc2c(c1)OCO2)C(Cc1ccc2c(c1)OCO2)OC. The van der Waals surface area contributed by atoms with Crippen molar-refractivity contribution < 1.29 is 28.4 Å². The lowest BCUT2D eigenvalue weighted by Gasteiger charge is -2.25. The fraction of sp³-hybridized carbons (Fsp3) is 0.400. The molecule has 0 aromatic heterocycles. The first-order valence-electron chi connectivity index (χ1n) is 8.59. The van der Waals surface area contributed by atoms with E-state index in [1.165, 1.54) is 0 Å². The Morgan fingerprint density at radius 3 is 1.54 bits per heavy atom. The maximum absolute atomic E-state index is 5.74. The van der Waals surface area contributed by atoms with Gasteiger partial charge in [0.25, 0.3) is 0 Å². The number of methoxy groups -OCH3 is 2. The molecule has 2 aromatic rings. The summed E-state index contributed by atoms with van der Waals surface area (Å²) in [5, 5.41) is 0. The van der Waals surface area contributed by atoms with E-state index in [4.69, 9.17) is 28.4 Å². The Bertz CT molecular complexity index is 709. The third-order valence-corrected chi connectivity index (χ3v) is 4.77. The minimum absolute atomic E-state index is 0.0919. The third-order valence-electron chi connectivity index (χ3n) is 4.77. The van der Waals surface area contributed by atoms with E-state index in [2.05, 4.69) is 0 Å². The van der Waals surface area contributed by atoms with Crippen molar-refractivity contribution in [2.45, 2.75) is 25.0 Å². The summed E-state index contributed by atoms with van der Waals surface area (Å²) in [6.45, 7) is 0.550. The van der Waals surface area contributed by atoms with Crippen molar-refractivity contribution >= 4 is 0 Å². The van der Waals surface area contributed by atoms with Crippen LogP contribution in [-0.4, -0.2) is 40.0 Å². The zero-order valence-electron chi connectivity index (χ0n) is 14.9. The van der Waals surface area contributed by atoms with Gasteiger partial charge in [-0.1, -0.05) is 12.1 Å². The molecule has 0 saturated heterocycles. The van der Waals surface area contributed by atoms with Crippen LogP contribution in [0.15, 0.2) is 36.4 Å². The molecule has 2 unspecified atom stereocenters. The number of benzene rings is 2. The lowest BCUT2D eigenvalue weighted by Crippen LogP contribution is -2.33. The van der Waals surface area contributed by atoms with Crippen LogP contribution in [-0.2, 0) is 22.3 Å². The highest BCUT2D eigenvalue weighted by molar-refractivity contribution is 5.45. The Morgan fingerprint density at radius 1 is 0.692 bits per heavy atom. The van der Waals surface area contributed by atoms with Crippen LogP contribution in [0, 0.1) is 0 Å². The van der Waals surface area contributed by atoms with Crippen molar-refractivity contribution in [3.8, 4) is 23.0 Å². The maximum Gasteiger partial charge on any atom is 0.231 e. The van der Waals surface area contributed by atoms with Gasteiger partial charge in [0.2, 0.25) is 13.6 Å². The molecule has 138 valence electrons. The quantitative estimate of drug-likeness (QED) is 0.759. The number of hydrogen-bond donors (Lipinski definition) is 0. The second-order valence-corrected chi connectivity index (χ2v) is 6.33. The first kappa shape index (κ1) is 17.0. The van der Waals surface area contributed by atoms with Gasteiger partial charge >= 0.3 is 0 Å². The molecule has 0 radical (unpaired) electrons. The van der Waals surface area contributed by atoms with Crippen LogP contribution in [0.1, 0.15) is 11.1 Å². The predicted molar refractivity (Wildman–Crippen MR) is 94.1 cm³/mol. The van der Waals surface area contributed by atoms with Crippen LogP contribution in [0.25, 0.3) is 0 Å². The van der Waals surface area contributed by atoms with Crippen molar-refractivity contribution in [2.75, 3.05) is 27.8 Å². The Balaban J connectivity index is 1.47. The van der Waals surface area contributed by atoms with E-state index in [-0.39, 0.29) is 25.8 Å². The van der Waals surface area contributed by atoms with Crippen LogP contribution >= 0.6 is 0 Å². The zero-order valence-corrected chi connectivity index (χ0v) is 14.9. The molecule has 6 heteroatoms. The fourth-order valence-electron chi connectivity index (χ4n) is 3.33. The molecule has 0 bridgehead atoms. The fourth-order valence-corrected chi connectivity index (χ4v) is 3.33. The minimum Gasteiger partial charge on any atom is -0.454 e. The first-order chi connectivity index (χ1) is 12.8. The topological polar surface area (TPSA) is 55.4 Å². The molecular weight excluding hydrogens is 336 g/mol. The summed E-state index contributed by atoms with van der Waals surface area (Å²) >= 11 is 0. The van der Waals surface area contributed by atoms with Crippen LogP contribution in [0.4, 0.5) is 0 Å². The predicted octanol–water partition coefficient (Wildman–Crippen LogP) is 2.96. The second kappa shape index (κ2) is 7.43. The average Bonchev–Trinajstić information content (AvgIpc) is 3.32. The summed E-state index contributed by atoms with van der Waals surface area (Å²) in [5.74, 6) is 3.13. The van der Waals surface area contributed by atoms with Crippen molar-refractivity contribution in [2.24, 2.45) is 0 Å². The summed E-state index contributed by atoms with van der Waals surface area (Å²) in [7, 11) is 3.42. The molecule has 2 heterocycles. The molecule has 0 fully saturated rings. The smallest absolute Gasteiger partial charge is 0.231 e. The normalized spacial score (nSPS) is 16.5. The van der Waals surface area contributed by atoms with Gasteiger partial charge in [0.05, 0.1) is 12.2 Å². The third kappa shape index (κ3) is 3.43. The second-order valence-electron chi connectivity index (χ2n) is 6.33. The molecule has 0 N–H and O–H groups in total. The molecule has 0 spiro atoms. The highest BCUT2D eigenvalue weighted by Crippen LogP contribution is 2.34. The van der Waals surface area contributed by atoms with Crippen LogP contribution < -0.4 is 18.9 Å². The van der Waals surface area contributed by atoms with Gasteiger partial charge in [-0.15, -0.1) is 0 Å². The maximum atomic E-state index is 5.74. The Kier molecular flexibility index (Phi) is 4.86. The molecule has 26 heavy (non-hydrogen) atoms. The Labute approximate surface area is 152 Å². The first-order valence-corrected chi connectivity index (χ1v) is 8.59. The van der Waals surface area contributed by atoms with Crippen LogP contribution in [0.3, 0.4) is 0 Å². The summed E-state index contributed by atoms with van der Waals surface area (Å²) in [4.78, 5) is 0. The number of fused-ring (bicyclic) bond motifs is 2. The number of hydrogen-bond acceptors (Lipinski definition) is 6. The zero-order chi connectivity index (χ0) is 17.9. The summed E-state index contributed by atoms with van der Waals surface area (Å²) < 4.78 is 33.1. The van der Waals surface area contributed by atoms with E-state index < -0.39 is 0 Å². The van der Waals surface area contributed by atoms with E-state index in [1.54, 1.807) is 14.2 Å². The van der Waals surface area contributed by atoms with Gasteiger partial charge in [-0.05, 0) is 35.4 Å². The van der Waals surface area contributed by atoms with E-state index in [1.807, 2.05) is 36.4 Å². The summed E-state index contributed by atoms with van der Waals surface area (Å²) in [6.07, 6.45) is 1.25. The molecule has 2 aliphatic heterocycles. The molecule has 0 aliphatic carbocycles. The molecule has 0 amide bonds. The average molecular weight is 358 g/mol. The molecule has 2 aliphatic rings. The Hall–Kier alpha value is -2.44. The van der Waals surface area contributed by atoms with E-state index in [0.717, 1.165) is 47.0 Å². The van der Waals surface area contributed by atoms with Crippen molar-refractivity contribution in [3.05, 3.63) is 47.5 Å². The lowest BCUT2D eigenvalue weighted by atomic mass is 9.97. The molecule has 6 nitrogen and oxygen atoms in total. The van der Waals surface area contributed by atoms with Crippen LogP contribution in [0.2, 0.25) is 0 Å². The standard InChI is InChI=1S/C20H22O6/c1-21-17(7-13-3-5-15-19(9-13)25-11-23-15)18(22-2)8-14-4-6-16-20(10-14)26-12-24-16/h3-6,9-10,17-18H,7-8,11-12H2,1-2H3. The van der Waals surface area contributed by atoms with E-state index in [9.17, 15) is 0 Å². The molecule has 0 saturated carbocycles. The van der Waals surface area contributed by atoms with Gasteiger partial charge in [-0.3, -0.25) is 0 Å². The molecule has 2 aromatic carbocycles. The van der Waals surface area contributed by atoms with E-state index in [0.29, 0.717) is 0 Å². The van der Waals surface area contributed by atoms with Gasteiger partial charge in [0.15, 0.2) is 23.0 Å². The summed E-state index contributed by atoms with van der Waals surface area (Å²) in [6, 6.07) is 11.9. The number of rotatable bonds is 7. The van der Waals surface area contributed by atoms with Gasteiger partial charge in [0.1, 0.15) is 0 Å². The van der Waals surface area contributed by atoms with Gasteiger partial charge in [-0.25, -0.2) is 0 Å². The van der Waals surface area contributed by atoms with Gasteiger partial charge in [-0.2, -0.15) is 0 Å². The largest absolute Gasteiger partial charge is 0.454 e. The van der Waals surface area contributed by atoms with Crippen molar-refractivity contribution in [1.82, 2.24) is 0 Å². The minimum atomic E-state index is -0.0919. The van der Waals surface area contributed by atoms with Gasteiger partial charge < -0.3 is 28.4 Å². The van der Waals surface area contributed by atoms with Crippen LogP contribution in [0.5, 0.6) is 23.0 Å². The molecule has 4 rings (SSSR count). The monoisotopic (exact) mass is 358 g/mol. The molecular formula is C20H22O6. The lowest BCUT2D eigenvalue weighted by molar-refractivity contribution is -0.0346.